The maximum absolute atomic E-state index is 11.8. The second kappa shape index (κ2) is 10.4. The van der Waals surface area contributed by atoms with Gasteiger partial charge in [0.15, 0.2) is 5.82 Å². The minimum absolute atomic E-state index is 0.125. The Morgan fingerprint density at radius 3 is 2.52 bits per heavy atom. The zero-order valence-electron chi connectivity index (χ0n) is 17.3. The highest BCUT2D eigenvalue weighted by Crippen LogP contribution is 2.22. The summed E-state index contributed by atoms with van der Waals surface area (Å²) in [4.78, 5) is 23.5. The monoisotopic (exact) mass is 424 g/mol. The van der Waals surface area contributed by atoms with Gasteiger partial charge in [0.1, 0.15) is 6.54 Å². The van der Waals surface area contributed by atoms with Gasteiger partial charge in [0, 0.05) is 13.1 Å². The second-order valence-electron chi connectivity index (χ2n) is 6.72. The molecule has 0 fully saturated rings. The highest BCUT2D eigenvalue weighted by atomic mass is 16.5. The molecule has 3 aromatic rings. The van der Waals surface area contributed by atoms with E-state index in [1.54, 1.807) is 24.3 Å². The van der Waals surface area contributed by atoms with E-state index in [0.717, 1.165) is 16.7 Å². The van der Waals surface area contributed by atoms with E-state index in [1.807, 2.05) is 24.3 Å². The van der Waals surface area contributed by atoms with Gasteiger partial charge in [-0.15, -0.1) is 5.10 Å². The summed E-state index contributed by atoms with van der Waals surface area (Å²) in [6.07, 6.45) is 0. The predicted octanol–water partition coefficient (Wildman–Crippen LogP) is 0.971. The Kier molecular flexibility index (Phi) is 7.41. The van der Waals surface area contributed by atoms with Crippen LogP contribution in [0, 0.1) is 0 Å². The number of hydrogen-bond acceptors (Lipinski definition) is 9. The van der Waals surface area contributed by atoms with Crippen molar-refractivity contribution in [3.8, 4) is 0 Å². The van der Waals surface area contributed by atoms with Crippen molar-refractivity contribution in [3.05, 3.63) is 76.6 Å². The van der Waals surface area contributed by atoms with Gasteiger partial charge in [0.05, 0.1) is 25.8 Å². The van der Waals surface area contributed by atoms with Crippen LogP contribution in [0.2, 0.25) is 0 Å². The van der Waals surface area contributed by atoms with E-state index >= 15 is 0 Å². The number of hydrogen-bond donors (Lipinski definition) is 2. The quantitative estimate of drug-likeness (QED) is 0.482. The standard InChI is InChI=1S/C21H24N6O4/c1-30-18(28)13-27-20(24-25-26-27)19(16-6-8-17(9-7-16)21(29)31-2)23-12-15-5-3-4-14(10-15)11-22/h3-10,19,23H,11-13,22H2,1-2H3. The van der Waals surface area contributed by atoms with Crippen LogP contribution in [0.15, 0.2) is 48.5 Å². The zero-order chi connectivity index (χ0) is 22.2. The van der Waals surface area contributed by atoms with Crippen LogP contribution in [0.1, 0.15) is 38.9 Å². The Bertz CT molecular complexity index is 1030. The molecule has 1 atom stereocenters. The normalized spacial score (nSPS) is 11.7. The molecule has 3 N–H and O–H groups in total. The van der Waals surface area contributed by atoms with E-state index in [4.69, 9.17) is 15.2 Å². The molecule has 162 valence electrons. The van der Waals surface area contributed by atoms with E-state index in [9.17, 15) is 9.59 Å². The van der Waals surface area contributed by atoms with E-state index in [2.05, 4.69) is 20.8 Å². The van der Waals surface area contributed by atoms with Crippen LogP contribution in [0.4, 0.5) is 0 Å². The molecule has 0 aliphatic rings. The fraction of sp³-hybridized carbons (Fsp3) is 0.286. The summed E-state index contributed by atoms with van der Waals surface area (Å²) in [5, 5.41) is 15.2. The molecule has 10 nitrogen and oxygen atoms in total. The molecular weight excluding hydrogens is 400 g/mol. The summed E-state index contributed by atoms with van der Waals surface area (Å²) in [5.41, 5.74) is 9.03. The lowest BCUT2D eigenvalue weighted by Gasteiger charge is -2.19. The van der Waals surface area contributed by atoms with Crippen molar-refractivity contribution >= 4 is 11.9 Å². The van der Waals surface area contributed by atoms with Crippen molar-refractivity contribution in [2.24, 2.45) is 5.73 Å². The molecule has 1 aromatic heterocycles. The smallest absolute Gasteiger partial charge is 0.337 e. The molecule has 2 aromatic carbocycles. The van der Waals surface area contributed by atoms with Gasteiger partial charge in [-0.3, -0.25) is 10.1 Å². The van der Waals surface area contributed by atoms with Gasteiger partial charge in [-0.1, -0.05) is 36.4 Å². The minimum Gasteiger partial charge on any atom is -0.468 e. The molecule has 3 rings (SSSR count). The molecule has 31 heavy (non-hydrogen) atoms. The van der Waals surface area contributed by atoms with E-state index in [0.29, 0.717) is 24.5 Å². The molecule has 0 aliphatic carbocycles. The first-order chi connectivity index (χ1) is 15.0. The maximum atomic E-state index is 11.8. The zero-order valence-corrected chi connectivity index (χ0v) is 17.3. The molecule has 0 aliphatic heterocycles. The van der Waals surface area contributed by atoms with Crippen molar-refractivity contribution in [2.45, 2.75) is 25.7 Å². The van der Waals surface area contributed by atoms with Crippen molar-refractivity contribution < 1.29 is 19.1 Å². The van der Waals surface area contributed by atoms with Crippen LogP contribution in [0.25, 0.3) is 0 Å². The van der Waals surface area contributed by atoms with Crippen LogP contribution in [0.3, 0.4) is 0 Å². The van der Waals surface area contributed by atoms with Crippen LogP contribution in [0.5, 0.6) is 0 Å². The van der Waals surface area contributed by atoms with Crippen LogP contribution in [-0.4, -0.2) is 46.4 Å². The topological polar surface area (TPSA) is 134 Å². The lowest BCUT2D eigenvalue weighted by molar-refractivity contribution is -0.141. The predicted molar refractivity (Wildman–Crippen MR) is 111 cm³/mol. The van der Waals surface area contributed by atoms with E-state index in [-0.39, 0.29) is 6.54 Å². The first-order valence-electron chi connectivity index (χ1n) is 9.58. The van der Waals surface area contributed by atoms with Gasteiger partial charge in [-0.25, -0.2) is 9.48 Å². The molecule has 10 heteroatoms. The van der Waals surface area contributed by atoms with Gasteiger partial charge in [0.25, 0.3) is 0 Å². The van der Waals surface area contributed by atoms with Crippen LogP contribution in [-0.2, 0) is 33.9 Å². The fourth-order valence-corrected chi connectivity index (χ4v) is 3.09. The summed E-state index contributed by atoms with van der Waals surface area (Å²) in [5.74, 6) is -0.458. The number of methoxy groups -OCH3 is 2. The molecule has 0 radical (unpaired) electrons. The number of ether oxygens (including phenoxy) is 2. The number of nitrogens with one attached hydrogen (secondary N) is 1. The number of tetrazole rings is 1. The number of nitrogens with two attached hydrogens (primary N) is 1. The molecule has 0 bridgehead atoms. The lowest BCUT2D eigenvalue weighted by atomic mass is 10.0. The highest BCUT2D eigenvalue weighted by molar-refractivity contribution is 5.89. The third-order valence-electron chi connectivity index (χ3n) is 4.73. The number of benzene rings is 2. The number of carbonyl (C=O) groups is 2. The first-order valence-corrected chi connectivity index (χ1v) is 9.58. The van der Waals surface area contributed by atoms with Gasteiger partial charge in [-0.05, 0) is 39.2 Å². The fourth-order valence-electron chi connectivity index (χ4n) is 3.09. The van der Waals surface area contributed by atoms with Gasteiger partial charge >= 0.3 is 11.9 Å². The highest BCUT2D eigenvalue weighted by Gasteiger charge is 2.23. The second-order valence-corrected chi connectivity index (χ2v) is 6.72. The van der Waals surface area contributed by atoms with E-state index < -0.39 is 18.0 Å². The third-order valence-corrected chi connectivity index (χ3v) is 4.73. The molecule has 1 unspecified atom stereocenters. The summed E-state index contributed by atoms with van der Waals surface area (Å²) in [7, 11) is 2.63. The molecule has 0 spiro atoms. The Balaban J connectivity index is 1.91. The van der Waals surface area contributed by atoms with Crippen molar-refractivity contribution in [1.82, 2.24) is 25.5 Å². The minimum atomic E-state index is -0.469. The Morgan fingerprint density at radius 1 is 1.10 bits per heavy atom. The summed E-state index contributed by atoms with van der Waals surface area (Å²) < 4.78 is 10.9. The summed E-state index contributed by atoms with van der Waals surface area (Å²) in [6.45, 7) is 0.825. The SMILES string of the molecule is COC(=O)Cn1nnnc1C(NCc1cccc(CN)c1)c1ccc(C(=O)OC)cc1. The Morgan fingerprint density at radius 2 is 1.84 bits per heavy atom. The molecule has 1 heterocycles. The summed E-state index contributed by atoms with van der Waals surface area (Å²) >= 11 is 0. The van der Waals surface area contributed by atoms with Crippen molar-refractivity contribution in [1.29, 1.82) is 0 Å². The van der Waals surface area contributed by atoms with Crippen molar-refractivity contribution in [3.63, 3.8) is 0 Å². The third kappa shape index (κ3) is 5.50. The number of rotatable bonds is 9. The van der Waals surface area contributed by atoms with Gasteiger partial charge < -0.3 is 15.2 Å². The number of aromatic nitrogens is 4. The number of carbonyl (C=O) groups excluding carboxylic acids is 2. The maximum Gasteiger partial charge on any atom is 0.337 e. The number of nitrogens with zero attached hydrogens (tertiary/aromatic N) is 4. The Hall–Kier alpha value is -3.63. The van der Waals surface area contributed by atoms with E-state index in [1.165, 1.54) is 18.9 Å². The average Bonchev–Trinajstić information content (AvgIpc) is 3.26. The van der Waals surface area contributed by atoms with Crippen LogP contribution < -0.4 is 11.1 Å². The molecular formula is C21H24N6O4. The average molecular weight is 424 g/mol. The molecule has 0 amide bonds. The number of esters is 2. The van der Waals surface area contributed by atoms with Gasteiger partial charge in [0.2, 0.25) is 0 Å². The lowest BCUT2D eigenvalue weighted by Crippen LogP contribution is -2.27. The van der Waals surface area contributed by atoms with Crippen molar-refractivity contribution in [2.75, 3.05) is 14.2 Å². The molecule has 0 saturated carbocycles. The summed E-state index contributed by atoms with van der Waals surface area (Å²) in [6, 6.07) is 14.4. The largest absolute Gasteiger partial charge is 0.468 e. The Labute approximate surface area is 179 Å². The molecule has 0 saturated heterocycles. The first kappa shape index (κ1) is 22.1. The van der Waals surface area contributed by atoms with Crippen LogP contribution >= 0.6 is 0 Å². The van der Waals surface area contributed by atoms with Gasteiger partial charge in [-0.2, -0.15) is 0 Å².